The van der Waals surface area contributed by atoms with Crippen molar-refractivity contribution in [2.75, 3.05) is 6.54 Å². The van der Waals surface area contributed by atoms with Crippen LogP contribution in [-0.2, 0) is 13.0 Å². The molecule has 0 amide bonds. The molecule has 1 heterocycles. The molecule has 0 aliphatic rings. The van der Waals surface area contributed by atoms with E-state index in [1.807, 2.05) is 18.2 Å². The molecular formula is C17H16Cl2N2. The summed E-state index contributed by atoms with van der Waals surface area (Å²) in [6.45, 7) is 1.65. The first kappa shape index (κ1) is 14.5. The van der Waals surface area contributed by atoms with Crippen molar-refractivity contribution in [2.24, 2.45) is 0 Å². The topological polar surface area (TPSA) is 27.8 Å². The van der Waals surface area contributed by atoms with Gasteiger partial charge in [-0.15, -0.1) is 0 Å². The van der Waals surface area contributed by atoms with Gasteiger partial charge in [-0.2, -0.15) is 0 Å². The highest BCUT2D eigenvalue weighted by Crippen LogP contribution is 2.21. The highest BCUT2D eigenvalue weighted by Gasteiger charge is 2.03. The Morgan fingerprint density at radius 1 is 1.00 bits per heavy atom. The number of hydrogen-bond acceptors (Lipinski definition) is 1. The van der Waals surface area contributed by atoms with Crippen LogP contribution in [0.15, 0.2) is 48.7 Å². The summed E-state index contributed by atoms with van der Waals surface area (Å²) in [5.41, 5.74) is 3.59. The fourth-order valence-electron chi connectivity index (χ4n) is 2.45. The Bertz CT molecular complexity index is 749. The third kappa shape index (κ3) is 3.41. The molecule has 1 aromatic heterocycles. The first-order chi connectivity index (χ1) is 10.2. The number of nitrogens with one attached hydrogen (secondary N) is 2. The molecule has 0 saturated carbocycles. The van der Waals surface area contributed by atoms with Crippen LogP contribution >= 0.6 is 23.2 Å². The van der Waals surface area contributed by atoms with E-state index in [1.54, 1.807) is 6.07 Å². The van der Waals surface area contributed by atoms with E-state index in [4.69, 9.17) is 23.2 Å². The lowest BCUT2D eigenvalue weighted by Gasteiger charge is -2.07. The van der Waals surface area contributed by atoms with Gasteiger partial charge in [0.05, 0.1) is 0 Å². The largest absolute Gasteiger partial charge is 0.361 e. The van der Waals surface area contributed by atoms with Crippen LogP contribution in [0.3, 0.4) is 0 Å². The van der Waals surface area contributed by atoms with E-state index in [0.717, 1.165) is 25.1 Å². The Balaban J connectivity index is 1.57. The number of halogens is 2. The van der Waals surface area contributed by atoms with Gasteiger partial charge in [0, 0.05) is 33.7 Å². The van der Waals surface area contributed by atoms with Crippen LogP contribution in [0.25, 0.3) is 10.9 Å². The summed E-state index contributed by atoms with van der Waals surface area (Å²) in [5.74, 6) is 0. The fourth-order valence-corrected chi connectivity index (χ4v) is 2.92. The molecule has 2 aromatic carbocycles. The third-order valence-electron chi connectivity index (χ3n) is 3.58. The summed E-state index contributed by atoms with van der Waals surface area (Å²) in [7, 11) is 0. The summed E-state index contributed by atoms with van der Waals surface area (Å²) in [4.78, 5) is 3.30. The Kier molecular flexibility index (Phi) is 4.49. The number of rotatable bonds is 5. The number of para-hydroxylation sites is 1. The lowest BCUT2D eigenvalue weighted by Crippen LogP contribution is -2.16. The smallest absolute Gasteiger partial charge is 0.0465 e. The zero-order chi connectivity index (χ0) is 14.7. The molecule has 3 aromatic rings. The lowest BCUT2D eigenvalue weighted by molar-refractivity contribution is 0.688. The molecule has 0 unspecified atom stereocenters. The minimum absolute atomic E-state index is 0.669. The maximum atomic E-state index is 6.16. The third-order valence-corrected chi connectivity index (χ3v) is 4.16. The summed E-state index contributed by atoms with van der Waals surface area (Å²) in [6.07, 6.45) is 3.07. The van der Waals surface area contributed by atoms with E-state index < -0.39 is 0 Å². The van der Waals surface area contributed by atoms with Crippen molar-refractivity contribution in [3.63, 3.8) is 0 Å². The zero-order valence-corrected chi connectivity index (χ0v) is 13.0. The van der Waals surface area contributed by atoms with E-state index in [-0.39, 0.29) is 0 Å². The second kappa shape index (κ2) is 6.52. The number of fused-ring (bicyclic) bond motifs is 1. The first-order valence-electron chi connectivity index (χ1n) is 6.93. The highest BCUT2D eigenvalue weighted by atomic mass is 35.5. The fraction of sp³-hybridized carbons (Fsp3) is 0.176. The van der Waals surface area contributed by atoms with Crippen molar-refractivity contribution in [1.29, 1.82) is 0 Å². The van der Waals surface area contributed by atoms with Crippen molar-refractivity contribution in [1.82, 2.24) is 10.3 Å². The van der Waals surface area contributed by atoms with Crippen LogP contribution in [0.5, 0.6) is 0 Å². The summed E-state index contributed by atoms with van der Waals surface area (Å²) < 4.78 is 0. The number of aromatic nitrogens is 1. The van der Waals surface area contributed by atoms with Crippen LogP contribution in [0, 0.1) is 0 Å². The van der Waals surface area contributed by atoms with Crippen molar-refractivity contribution < 1.29 is 0 Å². The van der Waals surface area contributed by atoms with Crippen LogP contribution in [0.4, 0.5) is 0 Å². The molecule has 0 fully saturated rings. The second-order valence-electron chi connectivity index (χ2n) is 5.02. The number of hydrogen-bond donors (Lipinski definition) is 2. The van der Waals surface area contributed by atoms with E-state index in [1.165, 1.54) is 16.5 Å². The summed E-state index contributed by atoms with van der Waals surface area (Å²) in [6, 6.07) is 14.0. The van der Waals surface area contributed by atoms with Crippen molar-refractivity contribution in [3.05, 3.63) is 69.8 Å². The average molecular weight is 319 g/mol. The predicted octanol–water partition coefficient (Wildman–Crippen LogP) is 4.81. The number of benzene rings is 2. The Morgan fingerprint density at radius 2 is 1.86 bits per heavy atom. The molecule has 0 aliphatic heterocycles. The zero-order valence-electron chi connectivity index (χ0n) is 11.5. The molecule has 4 heteroatoms. The molecule has 0 aliphatic carbocycles. The van der Waals surface area contributed by atoms with Gasteiger partial charge in [0.2, 0.25) is 0 Å². The van der Waals surface area contributed by atoms with Crippen molar-refractivity contribution in [3.8, 4) is 0 Å². The summed E-state index contributed by atoms with van der Waals surface area (Å²) in [5, 5.41) is 6.10. The standard InChI is InChI=1S/C17H16Cl2N2/c18-14-6-5-13(16(19)9-14)10-20-8-7-12-11-21-17-4-2-1-3-15(12)17/h1-6,9,11,20-21H,7-8,10H2. The molecule has 0 atom stereocenters. The van der Waals surface area contributed by atoms with E-state index in [2.05, 4.69) is 34.7 Å². The number of H-pyrrole nitrogens is 1. The molecule has 2 nitrogen and oxygen atoms in total. The highest BCUT2D eigenvalue weighted by molar-refractivity contribution is 6.35. The summed E-state index contributed by atoms with van der Waals surface area (Å²) >= 11 is 12.0. The monoisotopic (exact) mass is 318 g/mol. The van der Waals surface area contributed by atoms with E-state index >= 15 is 0 Å². The maximum Gasteiger partial charge on any atom is 0.0465 e. The van der Waals surface area contributed by atoms with Crippen molar-refractivity contribution in [2.45, 2.75) is 13.0 Å². The average Bonchev–Trinajstić information content (AvgIpc) is 2.89. The Labute approximate surface area is 134 Å². The van der Waals surface area contributed by atoms with E-state index in [9.17, 15) is 0 Å². The number of aromatic amines is 1. The normalized spacial score (nSPS) is 11.1. The SMILES string of the molecule is Clc1ccc(CNCCc2c[nH]c3ccccc23)c(Cl)c1. The first-order valence-corrected chi connectivity index (χ1v) is 7.69. The molecule has 2 N–H and O–H groups in total. The van der Waals surface area contributed by atoms with Gasteiger partial charge in [0.15, 0.2) is 0 Å². The molecule has 21 heavy (non-hydrogen) atoms. The maximum absolute atomic E-state index is 6.16. The van der Waals surface area contributed by atoms with Gasteiger partial charge in [-0.05, 0) is 42.3 Å². The van der Waals surface area contributed by atoms with Gasteiger partial charge >= 0.3 is 0 Å². The Morgan fingerprint density at radius 3 is 2.71 bits per heavy atom. The molecule has 0 saturated heterocycles. The van der Waals surface area contributed by atoms with Crippen molar-refractivity contribution >= 4 is 34.1 Å². The van der Waals surface area contributed by atoms with Gasteiger partial charge in [0.1, 0.15) is 0 Å². The van der Waals surface area contributed by atoms with Gasteiger partial charge in [-0.3, -0.25) is 0 Å². The second-order valence-corrected chi connectivity index (χ2v) is 5.87. The van der Waals surface area contributed by atoms with Crippen LogP contribution in [0.2, 0.25) is 10.0 Å². The minimum atomic E-state index is 0.669. The minimum Gasteiger partial charge on any atom is -0.361 e. The molecule has 0 radical (unpaired) electrons. The molecular weight excluding hydrogens is 303 g/mol. The van der Waals surface area contributed by atoms with Crippen LogP contribution < -0.4 is 5.32 Å². The van der Waals surface area contributed by atoms with Crippen LogP contribution in [-0.4, -0.2) is 11.5 Å². The molecule has 0 bridgehead atoms. The quantitative estimate of drug-likeness (QED) is 0.649. The molecule has 0 spiro atoms. The van der Waals surface area contributed by atoms with E-state index in [0.29, 0.717) is 10.0 Å². The van der Waals surface area contributed by atoms with Gasteiger partial charge < -0.3 is 10.3 Å². The molecule has 108 valence electrons. The predicted molar refractivity (Wildman–Crippen MR) is 90.2 cm³/mol. The molecule has 3 rings (SSSR count). The Hall–Kier alpha value is -1.48. The van der Waals surface area contributed by atoms with Gasteiger partial charge in [-0.25, -0.2) is 0 Å². The van der Waals surface area contributed by atoms with Gasteiger partial charge in [0.25, 0.3) is 0 Å². The van der Waals surface area contributed by atoms with Gasteiger partial charge in [-0.1, -0.05) is 47.5 Å². The lowest BCUT2D eigenvalue weighted by atomic mass is 10.1. The van der Waals surface area contributed by atoms with Crippen LogP contribution in [0.1, 0.15) is 11.1 Å².